The summed E-state index contributed by atoms with van der Waals surface area (Å²) in [4.78, 5) is 66.7. The Morgan fingerprint density at radius 2 is 1.75 bits per heavy atom. The van der Waals surface area contributed by atoms with Crippen molar-refractivity contribution in [2.75, 3.05) is 13.2 Å². The van der Waals surface area contributed by atoms with Crippen LogP contribution in [0.5, 0.6) is 5.88 Å². The van der Waals surface area contributed by atoms with Crippen LogP contribution in [0.25, 0.3) is 21.6 Å². The summed E-state index contributed by atoms with van der Waals surface area (Å²) in [6, 6.07) is 8.32. The molecule has 3 aliphatic carbocycles. The van der Waals surface area contributed by atoms with Gasteiger partial charge in [-0.1, -0.05) is 45.4 Å². The maximum Gasteiger partial charge on any atom is 0.407 e. The number of thiophene rings is 1. The van der Waals surface area contributed by atoms with Crippen LogP contribution in [0.4, 0.5) is 13.6 Å². The third-order valence-electron chi connectivity index (χ3n) is 10.7. The average molecular weight is 803 g/mol. The lowest BCUT2D eigenvalue weighted by atomic mass is 9.85. The van der Waals surface area contributed by atoms with Crippen molar-refractivity contribution >= 4 is 56.2 Å². The van der Waals surface area contributed by atoms with Gasteiger partial charge in [-0.15, -0.1) is 11.3 Å². The number of halogens is 2. The Morgan fingerprint density at radius 3 is 2.33 bits per heavy atom. The number of nitrogens with zero attached hydrogens (tertiary/aromatic N) is 3. The summed E-state index contributed by atoms with van der Waals surface area (Å²) >= 11 is 1.41. The van der Waals surface area contributed by atoms with Gasteiger partial charge in [0.05, 0.1) is 40.2 Å². The number of fused-ring (bicyclic) bond motifs is 1. The lowest BCUT2D eigenvalue weighted by Crippen LogP contribution is -2.60. The highest BCUT2D eigenvalue weighted by Gasteiger charge is 2.67. The van der Waals surface area contributed by atoms with Crippen molar-refractivity contribution in [1.29, 1.82) is 0 Å². The summed E-state index contributed by atoms with van der Waals surface area (Å²) in [7, 11) is -4.13. The zero-order valence-electron chi connectivity index (χ0n) is 30.6. The number of sulfonamides is 1. The Balaban J connectivity index is 1.18. The highest BCUT2D eigenvalue weighted by Crippen LogP contribution is 2.48. The van der Waals surface area contributed by atoms with Crippen molar-refractivity contribution in [1.82, 2.24) is 30.2 Å². The predicted octanol–water partition coefficient (Wildman–Crippen LogP) is 4.40. The van der Waals surface area contributed by atoms with Gasteiger partial charge in [-0.2, -0.15) is 0 Å². The highest BCUT2D eigenvalue weighted by atomic mass is 32.2. The molecule has 0 spiro atoms. The van der Waals surface area contributed by atoms with Gasteiger partial charge in [-0.25, -0.2) is 32.0 Å². The van der Waals surface area contributed by atoms with Crippen LogP contribution in [-0.4, -0.2) is 95.7 Å². The Kier molecular flexibility index (Phi) is 10.5. The minimum absolute atomic E-state index is 0.144. The van der Waals surface area contributed by atoms with Gasteiger partial charge in [0, 0.05) is 6.42 Å². The first-order valence-electron chi connectivity index (χ1n) is 18.4. The molecule has 4 amide bonds. The van der Waals surface area contributed by atoms with Crippen molar-refractivity contribution in [3.8, 4) is 16.5 Å². The third-order valence-corrected chi connectivity index (χ3v) is 13.4. The third kappa shape index (κ3) is 8.25. The normalized spacial score (nSPS) is 24.5. The van der Waals surface area contributed by atoms with Crippen LogP contribution in [0.3, 0.4) is 0 Å². The Morgan fingerprint density at radius 1 is 1.04 bits per heavy atom. The number of nitrogens with one attached hydrogen (secondary N) is 3. The van der Waals surface area contributed by atoms with Gasteiger partial charge in [0.1, 0.15) is 29.4 Å². The first kappa shape index (κ1) is 38.8. The Hall–Kier alpha value is -4.45. The second-order valence-corrected chi connectivity index (χ2v) is 18.9. The maximum atomic E-state index is 14.5. The zero-order valence-corrected chi connectivity index (χ0v) is 32.3. The van der Waals surface area contributed by atoms with Crippen molar-refractivity contribution in [2.45, 2.75) is 101 Å². The molecule has 3 heterocycles. The van der Waals surface area contributed by atoms with E-state index in [1.165, 1.54) is 16.2 Å². The van der Waals surface area contributed by atoms with Crippen LogP contribution in [-0.2, 0) is 29.1 Å². The van der Waals surface area contributed by atoms with Gasteiger partial charge in [-0.05, 0) is 67.0 Å². The van der Waals surface area contributed by atoms with E-state index in [1.807, 2.05) is 34.4 Å². The van der Waals surface area contributed by atoms with Crippen LogP contribution in [0.1, 0.15) is 65.7 Å². The fourth-order valence-corrected chi connectivity index (χ4v) is 9.11. The highest BCUT2D eigenvalue weighted by molar-refractivity contribution is 7.91. The fourth-order valence-electron chi connectivity index (χ4n) is 7.04. The van der Waals surface area contributed by atoms with Crippen LogP contribution in [0, 0.1) is 17.3 Å². The van der Waals surface area contributed by atoms with Crippen LogP contribution >= 0.6 is 11.3 Å². The lowest BCUT2D eigenvalue weighted by Gasteiger charge is -2.35. The van der Waals surface area contributed by atoms with E-state index in [9.17, 15) is 36.4 Å². The number of rotatable bonds is 13. The van der Waals surface area contributed by atoms with E-state index in [2.05, 4.69) is 10.6 Å². The fraction of sp³-hybridized carbons (Fsp3) is 0.568. The molecule has 3 N–H and O–H groups in total. The number of hydrogen-bond donors (Lipinski definition) is 3. The first-order chi connectivity index (χ1) is 26.1. The van der Waals surface area contributed by atoms with E-state index in [4.69, 9.17) is 19.4 Å². The molecule has 1 saturated heterocycles. The first-order valence-corrected chi connectivity index (χ1v) is 20.9. The summed E-state index contributed by atoms with van der Waals surface area (Å²) in [5.41, 5.74) is -1.51. The number of hydrogen-bond acceptors (Lipinski definition) is 11. The van der Waals surface area contributed by atoms with Gasteiger partial charge in [-0.3, -0.25) is 19.1 Å². The SMILES string of the molecule is CC(C)(C)[C@H](NC(=O)OCC1CCC1)C(=O)N1C[C@H](Oc2nc3ccccc3nc2-c2cccs2)CC1C(=O)N[C@]1(C(=O)NS(=O)(=O)C2CC2)C[C@H]1C(F)F. The van der Waals surface area contributed by atoms with Gasteiger partial charge in [0.15, 0.2) is 0 Å². The largest absolute Gasteiger partial charge is 0.471 e. The summed E-state index contributed by atoms with van der Waals surface area (Å²) in [6.07, 6.45) is -1.80. The number of aromatic nitrogens is 2. The molecular weight excluding hydrogens is 759 g/mol. The van der Waals surface area contributed by atoms with E-state index in [0.29, 0.717) is 29.6 Å². The smallest absolute Gasteiger partial charge is 0.407 e. The second kappa shape index (κ2) is 14.9. The van der Waals surface area contributed by atoms with Crippen LogP contribution in [0.15, 0.2) is 41.8 Å². The molecule has 3 aromatic rings. The number of likely N-dealkylation sites (tertiary alicyclic amines) is 1. The molecule has 1 unspecified atom stereocenters. The van der Waals surface area contributed by atoms with E-state index in [1.54, 1.807) is 32.9 Å². The monoisotopic (exact) mass is 802 g/mol. The molecule has 7 rings (SSSR count). The van der Waals surface area contributed by atoms with Crippen molar-refractivity contribution in [3.05, 3.63) is 41.8 Å². The summed E-state index contributed by atoms with van der Waals surface area (Å²) in [5, 5.41) is 6.17. The number of carbonyl (C=O) groups is 4. The summed E-state index contributed by atoms with van der Waals surface area (Å²) in [5.74, 6) is -4.13. The Labute approximate surface area is 321 Å². The molecule has 4 aliphatic rings. The van der Waals surface area contributed by atoms with E-state index in [0.717, 1.165) is 24.1 Å². The van der Waals surface area contributed by atoms with E-state index >= 15 is 0 Å². The summed E-state index contributed by atoms with van der Waals surface area (Å²) in [6.45, 7) is 5.21. The van der Waals surface area contributed by atoms with Gasteiger partial charge in [0.25, 0.3) is 5.91 Å². The van der Waals surface area contributed by atoms with Crippen LogP contribution in [0.2, 0.25) is 0 Å². The molecular formula is C37H44F2N6O8S2. The number of ether oxygens (including phenoxy) is 2. The minimum Gasteiger partial charge on any atom is -0.471 e. The number of alkyl halides is 2. The molecule has 1 aromatic carbocycles. The molecule has 3 saturated carbocycles. The van der Waals surface area contributed by atoms with Crippen LogP contribution < -0.4 is 20.1 Å². The minimum atomic E-state index is -4.13. The standard InChI is InChI=1S/C37H44F2N6O8S2/c1-36(2,3)29(42-35(49)52-19-20-8-6-9-20)33(47)45-18-21(53-32-28(27-12-7-15-54-27)40-24-10-4-5-11-25(24)41-32)16-26(45)31(46)43-37(17-23(37)30(38)39)34(48)44-55(50,51)22-13-14-22/h4-5,7,10-12,15,20-23,26,29-30H,6,8-9,13-14,16-19H2,1-3H3,(H,42,49)(H,43,46)(H,44,48)/t21-,23+,26?,29-,37-/m1/s1. The molecule has 296 valence electrons. The van der Waals surface area contributed by atoms with E-state index in [-0.39, 0.29) is 31.4 Å². The quantitative estimate of drug-likeness (QED) is 0.224. The molecule has 0 radical (unpaired) electrons. The van der Waals surface area contributed by atoms with Gasteiger partial charge < -0.3 is 25.0 Å². The molecule has 2 aromatic heterocycles. The molecule has 14 nitrogen and oxygen atoms in total. The molecule has 1 aliphatic heterocycles. The predicted molar refractivity (Wildman–Crippen MR) is 198 cm³/mol. The van der Waals surface area contributed by atoms with Crippen molar-refractivity contribution in [3.63, 3.8) is 0 Å². The average Bonchev–Trinajstić information content (AvgIpc) is 3.99. The number of alkyl carbamates (subject to hydrolysis) is 1. The number of carbonyl (C=O) groups excluding carboxylic acids is 4. The topological polar surface area (TPSA) is 186 Å². The van der Waals surface area contributed by atoms with Crippen molar-refractivity contribution < 1.29 is 45.9 Å². The number of para-hydroxylation sites is 2. The molecule has 0 bridgehead atoms. The molecule has 55 heavy (non-hydrogen) atoms. The molecule has 18 heteroatoms. The molecule has 4 fully saturated rings. The second-order valence-electron chi connectivity index (χ2n) is 15.9. The van der Waals surface area contributed by atoms with E-state index < -0.39 is 87.0 Å². The Bertz CT molecular complexity index is 2070. The zero-order chi connectivity index (χ0) is 39.3. The number of amides is 4. The molecule has 5 atom stereocenters. The lowest BCUT2D eigenvalue weighted by molar-refractivity contribution is -0.143. The summed E-state index contributed by atoms with van der Waals surface area (Å²) < 4.78 is 67.4. The van der Waals surface area contributed by atoms with Gasteiger partial charge in [0.2, 0.25) is 34.1 Å². The van der Waals surface area contributed by atoms with Gasteiger partial charge >= 0.3 is 6.09 Å². The van der Waals surface area contributed by atoms with Crippen molar-refractivity contribution in [2.24, 2.45) is 17.3 Å². The number of benzene rings is 1. The maximum absolute atomic E-state index is 14.5.